The van der Waals surface area contributed by atoms with Crippen molar-refractivity contribution in [3.63, 3.8) is 0 Å². The molecule has 1 unspecified atom stereocenters. The second kappa shape index (κ2) is 6.19. The molecule has 17 heavy (non-hydrogen) atoms. The van der Waals surface area contributed by atoms with Crippen molar-refractivity contribution in [2.75, 3.05) is 0 Å². The Morgan fingerprint density at radius 1 is 1.53 bits per heavy atom. The van der Waals surface area contributed by atoms with Gasteiger partial charge in [0.2, 0.25) is 0 Å². The first-order valence-corrected chi connectivity index (χ1v) is 6.73. The lowest BCUT2D eigenvalue weighted by atomic mass is 9.98. The van der Waals surface area contributed by atoms with Crippen LogP contribution in [0, 0.1) is 5.92 Å². The lowest BCUT2D eigenvalue weighted by Gasteiger charge is -2.11. The third-order valence-corrected chi connectivity index (χ3v) is 3.84. The van der Waals surface area contributed by atoms with Crippen LogP contribution >= 0.6 is 15.9 Å². The van der Waals surface area contributed by atoms with Crippen molar-refractivity contribution in [1.29, 1.82) is 0 Å². The minimum Gasteiger partial charge on any atom is -0.481 e. The summed E-state index contributed by atoms with van der Waals surface area (Å²) in [7, 11) is 1.87. The molecule has 0 aromatic carbocycles. The number of carboxylic acid groups (broad SMARTS) is 1. The molecule has 0 bridgehead atoms. The fourth-order valence-electron chi connectivity index (χ4n) is 1.94. The lowest BCUT2D eigenvalue weighted by Crippen LogP contribution is -2.18. The average molecular weight is 303 g/mol. The number of rotatable bonds is 6. The van der Waals surface area contributed by atoms with Crippen LogP contribution in [-0.4, -0.2) is 20.9 Å². The van der Waals surface area contributed by atoms with Gasteiger partial charge in [-0.05, 0) is 28.8 Å². The van der Waals surface area contributed by atoms with Crippen molar-refractivity contribution in [1.82, 2.24) is 9.78 Å². The van der Waals surface area contributed by atoms with Crippen LogP contribution in [0.25, 0.3) is 0 Å². The van der Waals surface area contributed by atoms with Gasteiger partial charge in [-0.2, -0.15) is 5.10 Å². The molecule has 1 rings (SSSR count). The van der Waals surface area contributed by atoms with Gasteiger partial charge in [0, 0.05) is 13.5 Å². The van der Waals surface area contributed by atoms with Crippen LogP contribution in [0.15, 0.2) is 4.47 Å². The average Bonchev–Trinajstić information content (AvgIpc) is 2.55. The van der Waals surface area contributed by atoms with E-state index >= 15 is 0 Å². The molecule has 0 aliphatic carbocycles. The van der Waals surface area contributed by atoms with E-state index in [0.29, 0.717) is 12.8 Å². The largest absolute Gasteiger partial charge is 0.481 e. The van der Waals surface area contributed by atoms with Crippen LogP contribution in [0.1, 0.15) is 38.1 Å². The van der Waals surface area contributed by atoms with Gasteiger partial charge in [-0.1, -0.05) is 20.3 Å². The zero-order chi connectivity index (χ0) is 13.0. The predicted octanol–water partition coefficient (Wildman–Crippen LogP) is 2.79. The molecule has 5 heteroatoms. The number of aliphatic carboxylic acids is 1. The zero-order valence-electron chi connectivity index (χ0n) is 10.5. The summed E-state index contributed by atoms with van der Waals surface area (Å²) in [4.78, 5) is 11.1. The Kier molecular flexibility index (Phi) is 5.18. The highest BCUT2D eigenvalue weighted by Gasteiger charge is 2.22. The fourth-order valence-corrected chi connectivity index (χ4v) is 2.71. The smallest absolute Gasteiger partial charge is 0.306 e. The van der Waals surface area contributed by atoms with Crippen LogP contribution < -0.4 is 0 Å². The Morgan fingerprint density at radius 3 is 2.59 bits per heavy atom. The van der Waals surface area contributed by atoms with E-state index in [-0.39, 0.29) is 5.92 Å². The number of hydrogen-bond donors (Lipinski definition) is 1. The molecule has 96 valence electrons. The first-order valence-electron chi connectivity index (χ1n) is 5.94. The molecule has 4 nitrogen and oxygen atoms in total. The van der Waals surface area contributed by atoms with E-state index in [1.165, 1.54) is 0 Å². The maximum Gasteiger partial charge on any atom is 0.306 e. The van der Waals surface area contributed by atoms with E-state index in [2.05, 4.69) is 21.0 Å². The maximum atomic E-state index is 11.1. The molecule has 0 aliphatic heterocycles. The van der Waals surface area contributed by atoms with Crippen LogP contribution in [0.3, 0.4) is 0 Å². The highest BCUT2D eigenvalue weighted by Crippen LogP contribution is 2.25. The van der Waals surface area contributed by atoms with Crippen LogP contribution in [0.5, 0.6) is 0 Å². The third kappa shape index (κ3) is 3.31. The van der Waals surface area contributed by atoms with Gasteiger partial charge < -0.3 is 5.11 Å². The summed E-state index contributed by atoms with van der Waals surface area (Å²) in [6.45, 7) is 4.04. The normalized spacial score (nSPS) is 12.7. The van der Waals surface area contributed by atoms with Crippen LogP contribution in [0.4, 0.5) is 0 Å². The van der Waals surface area contributed by atoms with Gasteiger partial charge in [0.15, 0.2) is 0 Å². The van der Waals surface area contributed by atoms with Crippen LogP contribution in [-0.2, 0) is 24.7 Å². The molecule has 0 radical (unpaired) electrons. The second-order valence-corrected chi connectivity index (χ2v) is 5.01. The van der Waals surface area contributed by atoms with Gasteiger partial charge in [0.25, 0.3) is 0 Å². The summed E-state index contributed by atoms with van der Waals surface area (Å²) in [5.74, 6) is -1.05. The van der Waals surface area contributed by atoms with E-state index in [1.807, 2.05) is 20.9 Å². The minimum atomic E-state index is -0.724. The topological polar surface area (TPSA) is 55.1 Å². The predicted molar refractivity (Wildman–Crippen MR) is 70.0 cm³/mol. The van der Waals surface area contributed by atoms with E-state index in [9.17, 15) is 4.79 Å². The second-order valence-electron chi connectivity index (χ2n) is 4.21. The van der Waals surface area contributed by atoms with Gasteiger partial charge in [-0.15, -0.1) is 0 Å². The number of halogens is 1. The number of aromatic nitrogens is 2. The lowest BCUT2D eigenvalue weighted by molar-refractivity contribution is -0.142. The standard InChI is InChI=1S/C12H19BrN2O2/c1-4-6-8(12(16)17)7-10-11(13)9(5-2)14-15(10)3/h8H,4-7H2,1-3H3,(H,16,17). The van der Waals surface area contributed by atoms with Crippen molar-refractivity contribution in [2.45, 2.75) is 39.5 Å². The highest BCUT2D eigenvalue weighted by atomic mass is 79.9. The molecule has 0 amide bonds. The van der Waals surface area contributed by atoms with E-state index < -0.39 is 5.97 Å². The summed E-state index contributed by atoms with van der Waals surface area (Å²) >= 11 is 3.51. The Morgan fingerprint density at radius 2 is 2.18 bits per heavy atom. The first-order chi connectivity index (χ1) is 8.01. The number of hydrogen-bond acceptors (Lipinski definition) is 2. The van der Waals surface area contributed by atoms with Crippen LogP contribution in [0.2, 0.25) is 0 Å². The Hall–Kier alpha value is -0.840. The third-order valence-electron chi connectivity index (χ3n) is 2.93. The molecule has 1 heterocycles. The van der Waals surface area contributed by atoms with Crippen molar-refractivity contribution >= 4 is 21.9 Å². The van der Waals surface area contributed by atoms with Crippen molar-refractivity contribution in [2.24, 2.45) is 13.0 Å². The quantitative estimate of drug-likeness (QED) is 0.879. The molecule has 1 aromatic rings. The van der Waals surface area contributed by atoms with Gasteiger partial charge in [0.05, 0.1) is 21.8 Å². The van der Waals surface area contributed by atoms with Crippen molar-refractivity contribution in [3.05, 3.63) is 15.9 Å². The molecule has 0 fully saturated rings. The van der Waals surface area contributed by atoms with Gasteiger partial charge >= 0.3 is 5.97 Å². The number of nitrogens with zero attached hydrogens (tertiary/aromatic N) is 2. The minimum absolute atomic E-state index is 0.323. The summed E-state index contributed by atoms with van der Waals surface area (Å²) in [6.07, 6.45) is 2.97. The Bertz CT molecular complexity index is 401. The molecule has 0 saturated heterocycles. The SMILES string of the molecule is CCCC(Cc1c(Br)c(CC)nn1C)C(=O)O. The molecule has 0 aliphatic rings. The Labute approximate surface area is 110 Å². The monoisotopic (exact) mass is 302 g/mol. The molecule has 0 saturated carbocycles. The summed E-state index contributed by atoms with van der Waals surface area (Å²) in [5, 5.41) is 13.5. The molecule has 1 atom stereocenters. The van der Waals surface area contributed by atoms with E-state index in [1.54, 1.807) is 4.68 Å². The molecule has 1 aromatic heterocycles. The number of carbonyl (C=O) groups is 1. The summed E-state index contributed by atoms with van der Waals surface area (Å²) in [5.41, 5.74) is 1.96. The molecule has 0 spiro atoms. The highest BCUT2D eigenvalue weighted by molar-refractivity contribution is 9.10. The summed E-state index contributed by atoms with van der Waals surface area (Å²) in [6, 6.07) is 0. The van der Waals surface area contributed by atoms with Gasteiger partial charge in [0.1, 0.15) is 0 Å². The first kappa shape index (κ1) is 14.2. The molecule has 1 N–H and O–H groups in total. The summed E-state index contributed by atoms with van der Waals surface area (Å²) < 4.78 is 2.75. The van der Waals surface area contributed by atoms with Gasteiger partial charge in [-0.3, -0.25) is 9.48 Å². The van der Waals surface area contributed by atoms with E-state index in [0.717, 1.165) is 28.7 Å². The molecular formula is C12H19BrN2O2. The molecular weight excluding hydrogens is 284 g/mol. The van der Waals surface area contributed by atoms with E-state index in [4.69, 9.17) is 5.11 Å². The number of aryl methyl sites for hydroxylation is 2. The van der Waals surface area contributed by atoms with Gasteiger partial charge in [-0.25, -0.2) is 0 Å². The fraction of sp³-hybridized carbons (Fsp3) is 0.667. The zero-order valence-corrected chi connectivity index (χ0v) is 12.1. The Balaban J connectivity index is 2.92. The maximum absolute atomic E-state index is 11.1. The van der Waals surface area contributed by atoms with Crippen molar-refractivity contribution in [3.8, 4) is 0 Å². The number of carboxylic acids is 1. The van der Waals surface area contributed by atoms with Crippen molar-refractivity contribution < 1.29 is 9.90 Å².